The Morgan fingerprint density at radius 3 is 2.71 bits per heavy atom. The van der Waals surface area contributed by atoms with E-state index >= 15 is 0 Å². The lowest BCUT2D eigenvalue weighted by Gasteiger charge is -2.06. The molecule has 0 atom stereocenters. The molecule has 0 radical (unpaired) electrons. The zero-order valence-electron chi connectivity index (χ0n) is 10.2. The molecule has 1 aromatic carbocycles. The molecule has 0 N–H and O–H groups in total. The lowest BCUT2D eigenvalue weighted by atomic mass is 10.2. The van der Waals surface area contributed by atoms with Gasteiger partial charge in [0, 0.05) is 12.6 Å². The van der Waals surface area contributed by atoms with Gasteiger partial charge in [0.1, 0.15) is 17.5 Å². The van der Waals surface area contributed by atoms with Crippen molar-refractivity contribution in [2.75, 3.05) is 0 Å². The van der Waals surface area contributed by atoms with Crippen LogP contribution in [0.5, 0.6) is 5.75 Å². The van der Waals surface area contributed by atoms with Crippen LogP contribution in [0.4, 0.5) is 0 Å². The van der Waals surface area contributed by atoms with Crippen molar-refractivity contribution in [1.29, 1.82) is 0 Å². The van der Waals surface area contributed by atoms with Crippen molar-refractivity contribution in [3.05, 3.63) is 46.2 Å². The highest BCUT2D eigenvalue weighted by Crippen LogP contribution is 2.21. The molecule has 2 aromatic rings. The summed E-state index contributed by atoms with van der Waals surface area (Å²) in [6, 6.07) is 7.95. The Labute approximate surface area is 106 Å². The summed E-state index contributed by atoms with van der Waals surface area (Å²) in [6.45, 7) is 4.41. The molecule has 0 saturated carbocycles. The fraction of sp³-hybridized carbons (Fsp3) is 0.308. The van der Waals surface area contributed by atoms with Crippen molar-refractivity contribution in [3.8, 4) is 5.75 Å². The molecule has 0 saturated heterocycles. The molecule has 3 nitrogen and oxygen atoms in total. The average Bonchev–Trinajstić information content (AvgIpc) is 2.51. The number of hydrogen-bond acceptors (Lipinski definition) is 2. The standard InChI is InChI=1S/C13H15ClN2O/c1-9-5-4-6-11(7-9)17-8-12-10(2)15-16(3)13(12)14/h4-7H,8H2,1-3H3. The summed E-state index contributed by atoms with van der Waals surface area (Å²) >= 11 is 6.13. The maximum absolute atomic E-state index is 6.13. The molecule has 0 aliphatic heterocycles. The maximum Gasteiger partial charge on any atom is 0.133 e. The maximum atomic E-state index is 6.13. The molecule has 17 heavy (non-hydrogen) atoms. The number of halogens is 1. The van der Waals surface area contributed by atoms with Crippen LogP contribution in [0.2, 0.25) is 5.15 Å². The topological polar surface area (TPSA) is 27.1 Å². The minimum absolute atomic E-state index is 0.446. The van der Waals surface area contributed by atoms with Gasteiger partial charge < -0.3 is 4.74 Å². The van der Waals surface area contributed by atoms with E-state index in [0.29, 0.717) is 11.8 Å². The fourth-order valence-electron chi connectivity index (χ4n) is 1.70. The highest BCUT2D eigenvalue weighted by molar-refractivity contribution is 6.30. The number of nitrogens with zero attached hydrogens (tertiary/aromatic N) is 2. The van der Waals surface area contributed by atoms with Gasteiger partial charge in [-0.15, -0.1) is 0 Å². The number of ether oxygens (including phenoxy) is 1. The normalized spacial score (nSPS) is 10.6. The Balaban J connectivity index is 2.12. The highest BCUT2D eigenvalue weighted by Gasteiger charge is 2.11. The van der Waals surface area contributed by atoms with Crippen LogP contribution in [0.1, 0.15) is 16.8 Å². The SMILES string of the molecule is Cc1cccc(OCc2c(C)nn(C)c2Cl)c1. The minimum atomic E-state index is 0.446. The largest absolute Gasteiger partial charge is 0.489 e. The molecular weight excluding hydrogens is 236 g/mol. The Morgan fingerprint density at radius 2 is 2.12 bits per heavy atom. The van der Waals surface area contributed by atoms with Crippen LogP contribution in [-0.2, 0) is 13.7 Å². The molecule has 0 unspecified atom stereocenters. The first-order valence-electron chi connectivity index (χ1n) is 5.45. The van der Waals surface area contributed by atoms with Crippen molar-refractivity contribution in [2.24, 2.45) is 7.05 Å². The van der Waals surface area contributed by atoms with Crippen molar-refractivity contribution in [2.45, 2.75) is 20.5 Å². The summed E-state index contributed by atoms with van der Waals surface area (Å²) in [7, 11) is 1.82. The molecule has 1 heterocycles. The van der Waals surface area contributed by atoms with Gasteiger partial charge >= 0.3 is 0 Å². The Kier molecular flexibility index (Phi) is 3.38. The van der Waals surface area contributed by atoms with Crippen LogP contribution in [0, 0.1) is 13.8 Å². The first-order valence-corrected chi connectivity index (χ1v) is 5.83. The van der Waals surface area contributed by atoms with Gasteiger partial charge in [0.15, 0.2) is 0 Å². The van der Waals surface area contributed by atoms with Gasteiger partial charge in [0.25, 0.3) is 0 Å². The first-order chi connectivity index (χ1) is 8.08. The second-order valence-corrected chi connectivity index (χ2v) is 4.44. The van der Waals surface area contributed by atoms with Crippen LogP contribution in [0.25, 0.3) is 0 Å². The Morgan fingerprint density at radius 1 is 1.35 bits per heavy atom. The second-order valence-electron chi connectivity index (χ2n) is 4.08. The minimum Gasteiger partial charge on any atom is -0.489 e. The molecule has 2 rings (SSSR count). The van der Waals surface area contributed by atoms with Crippen LogP contribution in [-0.4, -0.2) is 9.78 Å². The Hall–Kier alpha value is -1.48. The first kappa shape index (κ1) is 12.0. The van der Waals surface area contributed by atoms with Crippen molar-refractivity contribution in [1.82, 2.24) is 9.78 Å². The third-order valence-corrected chi connectivity index (χ3v) is 3.12. The van der Waals surface area contributed by atoms with Crippen LogP contribution in [0.3, 0.4) is 0 Å². The van der Waals surface area contributed by atoms with Gasteiger partial charge in [-0.25, -0.2) is 0 Å². The second kappa shape index (κ2) is 4.80. The van der Waals surface area contributed by atoms with Crippen molar-refractivity contribution >= 4 is 11.6 Å². The zero-order valence-corrected chi connectivity index (χ0v) is 11.0. The van der Waals surface area contributed by atoms with Gasteiger partial charge in [-0.1, -0.05) is 23.7 Å². The molecule has 0 aliphatic carbocycles. The molecule has 0 bridgehead atoms. The highest BCUT2D eigenvalue weighted by atomic mass is 35.5. The summed E-state index contributed by atoms with van der Waals surface area (Å²) < 4.78 is 7.37. The predicted molar refractivity (Wildman–Crippen MR) is 68.5 cm³/mol. The summed E-state index contributed by atoms with van der Waals surface area (Å²) in [4.78, 5) is 0. The summed E-state index contributed by atoms with van der Waals surface area (Å²) in [6.07, 6.45) is 0. The predicted octanol–water partition coefficient (Wildman–Crippen LogP) is 3.27. The monoisotopic (exact) mass is 250 g/mol. The lowest BCUT2D eigenvalue weighted by Crippen LogP contribution is -1.97. The molecule has 90 valence electrons. The van der Waals surface area contributed by atoms with E-state index in [2.05, 4.69) is 5.10 Å². The third-order valence-electron chi connectivity index (χ3n) is 2.64. The molecule has 0 fully saturated rings. The lowest BCUT2D eigenvalue weighted by molar-refractivity contribution is 0.305. The van der Waals surface area contributed by atoms with E-state index in [-0.39, 0.29) is 0 Å². The van der Waals surface area contributed by atoms with E-state index < -0.39 is 0 Å². The smallest absolute Gasteiger partial charge is 0.133 e. The van der Waals surface area contributed by atoms with E-state index in [1.807, 2.05) is 45.2 Å². The van der Waals surface area contributed by atoms with Gasteiger partial charge in [0.05, 0.1) is 5.69 Å². The third kappa shape index (κ3) is 2.61. The molecular formula is C13H15ClN2O. The molecule has 1 aromatic heterocycles. The summed E-state index contributed by atoms with van der Waals surface area (Å²) in [5, 5.41) is 4.88. The summed E-state index contributed by atoms with van der Waals surface area (Å²) in [5.41, 5.74) is 3.03. The number of rotatable bonds is 3. The van der Waals surface area contributed by atoms with E-state index in [0.717, 1.165) is 17.0 Å². The van der Waals surface area contributed by atoms with E-state index in [1.165, 1.54) is 5.56 Å². The quantitative estimate of drug-likeness (QED) is 0.836. The van der Waals surface area contributed by atoms with Gasteiger partial charge in [0.2, 0.25) is 0 Å². The van der Waals surface area contributed by atoms with E-state index in [1.54, 1.807) is 4.68 Å². The average molecular weight is 251 g/mol. The van der Waals surface area contributed by atoms with Crippen LogP contribution < -0.4 is 4.74 Å². The molecule has 4 heteroatoms. The van der Waals surface area contributed by atoms with Crippen LogP contribution >= 0.6 is 11.6 Å². The molecule has 0 spiro atoms. The molecule has 0 amide bonds. The number of benzene rings is 1. The number of hydrogen-bond donors (Lipinski definition) is 0. The zero-order chi connectivity index (χ0) is 12.4. The number of aryl methyl sites for hydroxylation is 3. The van der Waals surface area contributed by atoms with Gasteiger partial charge in [-0.2, -0.15) is 5.10 Å². The van der Waals surface area contributed by atoms with Crippen molar-refractivity contribution < 1.29 is 4.74 Å². The van der Waals surface area contributed by atoms with Crippen LogP contribution in [0.15, 0.2) is 24.3 Å². The molecule has 0 aliphatic rings. The van der Waals surface area contributed by atoms with Gasteiger partial charge in [-0.3, -0.25) is 4.68 Å². The van der Waals surface area contributed by atoms with Crippen molar-refractivity contribution in [3.63, 3.8) is 0 Å². The fourth-order valence-corrected chi connectivity index (χ4v) is 1.93. The summed E-state index contributed by atoms with van der Waals surface area (Å²) in [5.74, 6) is 0.851. The van der Waals surface area contributed by atoms with E-state index in [4.69, 9.17) is 16.3 Å². The Bertz CT molecular complexity index is 534. The number of aromatic nitrogens is 2. The van der Waals surface area contributed by atoms with E-state index in [9.17, 15) is 0 Å². The van der Waals surface area contributed by atoms with Gasteiger partial charge in [-0.05, 0) is 31.5 Å².